The number of carbonyl (C=O) groups excluding carboxylic acids is 1. The van der Waals surface area contributed by atoms with Gasteiger partial charge in [0, 0.05) is 20.4 Å². The molecule has 3 aromatic rings. The van der Waals surface area contributed by atoms with Gasteiger partial charge in [-0.2, -0.15) is 0 Å². The first-order valence-electron chi connectivity index (χ1n) is 11.7. The zero-order chi connectivity index (χ0) is 23.8. The van der Waals surface area contributed by atoms with Gasteiger partial charge in [-0.15, -0.1) is 0 Å². The maximum atomic E-state index is 13.0. The van der Waals surface area contributed by atoms with Gasteiger partial charge >= 0.3 is 5.97 Å². The number of para-hydroxylation sites is 1. The van der Waals surface area contributed by atoms with Crippen LogP contribution < -0.4 is 5.43 Å². The van der Waals surface area contributed by atoms with Crippen LogP contribution in [0, 0.1) is 6.92 Å². The molecule has 5 heteroatoms. The van der Waals surface area contributed by atoms with Gasteiger partial charge < -0.3 is 9.15 Å². The van der Waals surface area contributed by atoms with Crippen molar-refractivity contribution < 1.29 is 19.4 Å². The molecular formula is C24H25NO4. The minimum Gasteiger partial charge on any atom is -0.461 e. The van der Waals surface area contributed by atoms with Crippen molar-refractivity contribution in [3.63, 3.8) is 0 Å². The molecule has 1 saturated heterocycles. The Bertz CT molecular complexity index is 1230. The van der Waals surface area contributed by atoms with Crippen LogP contribution in [0.3, 0.4) is 0 Å². The van der Waals surface area contributed by atoms with Crippen LogP contribution in [0.15, 0.2) is 57.7 Å². The van der Waals surface area contributed by atoms with E-state index in [4.69, 9.17) is 14.6 Å². The van der Waals surface area contributed by atoms with Crippen LogP contribution in [0.1, 0.15) is 40.7 Å². The number of fused-ring (bicyclic) bond motifs is 1. The zero-order valence-electron chi connectivity index (χ0n) is 20.2. The zero-order valence-corrected chi connectivity index (χ0v) is 16.2. The fourth-order valence-electron chi connectivity index (χ4n) is 3.53. The monoisotopic (exact) mass is 395 g/mol. The predicted molar refractivity (Wildman–Crippen MR) is 113 cm³/mol. The van der Waals surface area contributed by atoms with E-state index in [0.29, 0.717) is 30.0 Å². The van der Waals surface area contributed by atoms with E-state index in [1.165, 1.54) is 23.1 Å². The summed E-state index contributed by atoms with van der Waals surface area (Å²) in [6.45, 7) is -3.03. The van der Waals surface area contributed by atoms with Gasteiger partial charge in [0.1, 0.15) is 17.9 Å². The van der Waals surface area contributed by atoms with Crippen molar-refractivity contribution in [2.45, 2.75) is 26.2 Å². The number of hydrogen-bond acceptors (Lipinski definition) is 5. The van der Waals surface area contributed by atoms with Gasteiger partial charge in [-0.25, -0.2) is 4.79 Å². The quantitative estimate of drug-likeness (QED) is 0.599. The molecule has 0 radical (unpaired) electrons. The summed E-state index contributed by atoms with van der Waals surface area (Å²) in [5.41, 5.74) is 0.577. The third kappa shape index (κ3) is 4.10. The Morgan fingerprint density at radius 1 is 1.10 bits per heavy atom. The number of benzene rings is 2. The lowest BCUT2D eigenvalue weighted by Gasteiger charge is -2.25. The van der Waals surface area contributed by atoms with E-state index < -0.39 is 19.0 Å². The van der Waals surface area contributed by atoms with Crippen molar-refractivity contribution in [1.82, 2.24) is 4.90 Å². The number of nitrogens with zero attached hydrogens (tertiary/aromatic N) is 1. The summed E-state index contributed by atoms with van der Waals surface area (Å²) in [7, 11) is 0. The van der Waals surface area contributed by atoms with Crippen LogP contribution in [0.2, 0.25) is 0 Å². The van der Waals surface area contributed by atoms with Crippen LogP contribution >= 0.6 is 0 Å². The van der Waals surface area contributed by atoms with Crippen molar-refractivity contribution in [2.24, 2.45) is 0 Å². The molecule has 0 N–H and O–H groups in total. The second-order valence-electron chi connectivity index (χ2n) is 7.08. The Labute approximate surface area is 175 Å². The molecule has 29 heavy (non-hydrogen) atoms. The molecule has 5 nitrogen and oxygen atoms in total. The van der Waals surface area contributed by atoms with Crippen molar-refractivity contribution in [1.29, 1.82) is 0 Å². The Morgan fingerprint density at radius 3 is 2.62 bits per heavy atom. The molecule has 1 aromatic heterocycles. The topological polar surface area (TPSA) is 59.8 Å². The van der Waals surface area contributed by atoms with Gasteiger partial charge in [-0.3, -0.25) is 9.69 Å². The van der Waals surface area contributed by atoms with E-state index in [1.807, 2.05) is 6.07 Å². The van der Waals surface area contributed by atoms with Crippen molar-refractivity contribution in [3.05, 3.63) is 69.9 Å². The number of carbonyl (C=O) groups is 1. The van der Waals surface area contributed by atoms with E-state index in [2.05, 4.69) is 0 Å². The molecular weight excluding hydrogens is 366 g/mol. The van der Waals surface area contributed by atoms with Crippen LogP contribution in [0.25, 0.3) is 22.3 Å². The van der Waals surface area contributed by atoms with Crippen LogP contribution in [0.4, 0.5) is 0 Å². The molecule has 0 unspecified atom stereocenters. The highest BCUT2D eigenvalue weighted by atomic mass is 16.5. The van der Waals surface area contributed by atoms with Gasteiger partial charge in [0.25, 0.3) is 0 Å². The lowest BCUT2D eigenvalue weighted by Crippen LogP contribution is -2.33. The fourth-order valence-corrected chi connectivity index (χ4v) is 3.53. The first kappa shape index (κ1) is 15.0. The molecule has 1 fully saturated rings. The van der Waals surface area contributed by atoms with E-state index in [0.717, 1.165) is 19.3 Å². The van der Waals surface area contributed by atoms with Crippen molar-refractivity contribution in [2.75, 3.05) is 26.1 Å². The minimum atomic E-state index is -2.92. The van der Waals surface area contributed by atoms with E-state index in [9.17, 15) is 9.59 Å². The summed E-state index contributed by atoms with van der Waals surface area (Å²) in [6.07, 6.45) is 2.45. The first-order chi connectivity index (χ1) is 15.6. The van der Waals surface area contributed by atoms with Gasteiger partial charge in [0.05, 0.1) is 8.13 Å². The van der Waals surface area contributed by atoms with Crippen LogP contribution in [-0.4, -0.2) is 37.0 Å². The van der Waals surface area contributed by atoms with E-state index >= 15 is 0 Å². The maximum Gasteiger partial charge on any atom is 0.342 e. The smallest absolute Gasteiger partial charge is 0.342 e. The maximum absolute atomic E-state index is 13.0. The number of hydrogen-bond donors (Lipinski definition) is 0. The molecule has 0 atom stereocenters. The molecule has 4 rings (SSSR count). The van der Waals surface area contributed by atoms with Gasteiger partial charge in [0.2, 0.25) is 0 Å². The molecule has 0 saturated carbocycles. The summed E-state index contributed by atoms with van der Waals surface area (Å²) in [5, 5.41) is 0.168. The van der Waals surface area contributed by atoms with Gasteiger partial charge in [-0.05, 0) is 45.0 Å². The summed E-state index contributed by atoms with van der Waals surface area (Å²) in [5.74, 6) is -0.794. The standard InChI is InChI=1S/C24H25NO4/c1-17-21(26)19-11-8-12-20(23(19)29-22(17)18-9-4-2-5-10-18)24(27)28-16-15-25-13-6-3-7-14-25/h2,4-5,8-12H,3,6-7,13-16H2,1H3/i15D2,16D2. The second-order valence-corrected chi connectivity index (χ2v) is 7.08. The Balaban J connectivity index is 1.74. The Morgan fingerprint density at radius 2 is 1.86 bits per heavy atom. The molecule has 1 aliphatic rings. The average molecular weight is 395 g/mol. The lowest BCUT2D eigenvalue weighted by atomic mass is 10.0. The summed E-state index contributed by atoms with van der Waals surface area (Å²) in [6, 6.07) is 13.4. The highest BCUT2D eigenvalue weighted by Crippen LogP contribution is 2.27. The largest absolute Gasteiger partial charge is 0.461 e. The average Bonchev–Trinajstić information content (AvgIpc) is 2.81. The number of ether oxygens (including phenoxy) is 1. The Hall–Kier alpha value is -2.92. The fraction of sp³-hybridized carbons (Fsp3) is 0.333. The molecule has 150 valence electrons. The highest BCUT2D eigenvalue weighted by Gasteiger charge is 2.19. The normalized spacial score (nSPS) is 17.8. The highest BCUT2D eigenvalue weighted by molar-refractivity contribution is 6.02. The van der Waals surface area contributed by atoms with Gasteiger partial charge in [0.15, 0.2) is 11.0 Å². The van der Waals surface area contributed by atoms with E-state index in [-0.39, 0.29) is 22.0 Å². The number of esters is 1. The summed E-state index contributed by atoms with van der Waals surface area (Å²) in [4.78, 5) is 27.4. The number of piperidine rings is 1. The number of likely N-dealkylation sites (tertiary alicyclic amines) is 1. The lowest BCUT2D eigenvalue weighted by molar-refractivity contribution is 0.0453. The molecule has 2 aromatic carbocycles. The first-order valence-corrected chi connectivity index (χ1v) is 9.74. The molecule has 0 bridgehead atoms. The van der Waals surface area contributed by atoms with Crippen molar-refractivity contribution >= 4 is 16.9 Å². The van der Waals surface area contributed by atoms with Gasteiger partial charge in [-0.1, -0.05) is 42.8 Å². The van der Waals surface area contributed by atoms with Crippen LogP contribution in [-0.2, 0) is 4.74 Å². The predicted octanol–water partition coefficient (Wildman–Crippen LogP) is 4.41. The molecule has 0 aliphatic carbocycles. The minimum absolute atomic E-state index is 0.0220. The van der Waals surface area contributed by atoms with Crippen molar-refractivity contribution in [3.8, 4) is 11.3 Å². The molecule has 0 amide bonds. The summed E-state index contributed by atoms with van der Waals surface area (Å²) < 4.78 is 44.2. The molecule has 1 aliphatic heterocycles. The Kier molecular flexibility index (Phi) is 4.45. The number of rotatable bonds is 5. The van der Waals surface area contributed by atoms with E-state index in [1.54, 1.807) is 31.2 Å². The molecule has 2 heterocycles. The van der Waals surface area contributed by atoms with Crippen LogP contribution in [0.5, 0.6) is 0 Å². The molecule has 0 spiro atoms. The summed E-state index contributed by atoms with van der Waals surface area (Å²) >= 11 is 0. The SMILES string of the molecule is [2H]C([2H])(OC(=O)c1cccc2c(=O)c(C)c(-c3ccccc3)oc12)C([2H])([2H])N1CCCCC1. The third-order valence-corrected chi connectivity index (χ3v) is 5.10. The third-order valence-electron chi connectivity index (χ3n) is 5.10. The second kappa shape index (κ2) is 8.62.